The number of carbonyl (C=O) groups is 2. The van der Waals surface area contributed by atoms with Gasteiger partial charge in [0.25, 0.3) is 0 Å². The molecule has 6 heteroatoms. The molecule has 4 saturated carbocycles. The van der Waals surface area contributed by atoms with Crippen LogP contribution < -0.4 is 10.1 Å². The topological polar surface area (TPSA) is 64.6 Å². The summed E-state index contributed by atoms with van der Waals surface area (Å²) in [5.74, 6) is 0.456. The van der Waals surface area contributed by atoms with Crippen molar-refractivity contribution in [3.8, 4) is 5.75 Å². The van der Waals surface area contributed by atoms with Gasteiger partial charge in [0.05, 0.1) is 5.41 Å². The highest BCUT2D eigenvalue weighted by atomic mass is 19.1. The summed E-state index contributed by atoms with van der Waals surface area (Å²) in [5, 5.41) is 3.15. The number of carbonyl (C=O) groups excluding carboxylic acids is 2. The number of benzene rings is 1. The summed E-state index contributed by atoms with van der Waals surface area (Å²) in [6.07, 6.45) is 5.44. The fourth-order valence-electron chi connectivity index (χ4n) is 6.02. The lowest BCUT2D eigenvalue weighted by Gasteiger charge is -2.60. The molecule has 5 nitrogen and oxygen atoms in total. The molecule has 4 aliphatic rings. The van der Waals surface area contributed by atoms with E-state index in [4.69, 9.17) is 9.47 Å². The molecule has 1 amide bonds. The number of esters is 1. The van der Waals surface area contributed by atoms with Crippen LogP contribution in [-0.4, -0.2) is 30.6 Å². The monoisotopic (exact) mass is 375 g/mol. The standard InChI is InChI=1S/C21H26FNO4/c1-14(24)23-21-11-15-8-16(12-21)10-20(9-15,13-21)19(25)27-7-6-26-18-5-3-2-4-17(18)22/h2-5,15-16H,6-13H2,1H3,(H,23,24)/t15-,16-,20?,21?/m0/s1. The Balaban J connectivity index is 1.37. The van der Waals surface area contributed by atoms with Crippen molar-refractivity contribution in [2.45, 2.75) is 51.0 Å². The molecule has 2 atom stereocenters. The Morgan fingerprint density at radius 1 is 1.15 bits per heavy atom. The van der Waals surface area contributed by atoms with Gasteiger partial charge in [0.2, 0.25) is 5.91 Å². The van der Waals surface area contributed by atoms with Gasteiger partial charge in [-0.25, -0.2) is 4.39 Å². The van der Waals surface area contributed by atoms with Gasteiger partial charge >= 0.3 is 5.97 Å². The fourth-order valence-corrected chi connectivity index (χ4v) is 6.02. The Kier molecular flexibility index (Phi) is 4.60. The summed E-state index contributed by atoms with van der Waals surface area (Å²) < 4.78 is 24.5. The molecule has 1 aromatic rings. The van der Waals surface area contributed by atoms with Crippen molar-refractivity contribution in [1.82, 2.24) is 5.32 Å². The molecule has 0 spiro atoms. The molecule has 0 aliphatic heterocycles. The predicted molar refractivity (Wildman–Crippen MR) is 96.5 cm³/mol. The van der Waals surface area contributed by atoms with Gasteiger partial charge < -0.3 is 14.8 Å². The minimum atomic E-state index is -0.496. The molecule has 146 valence electrons. The molecular weight excluding hydrogens is 349 g/mol. The number of halogens is 1. The van der Waals surface area contributed by atoms with Crippen LogP contribution in [0.15, 0.2) is 24.3 Å². The summed E-state index contributed by atoms with van der Waals surface area (Å²) in [6.45, 7) is 1.76. The lowest BCUT2D eigenvalue weighted by molar-refractivity contribution is -0.176. The van der Waals surface area contributed by atoms with E-state index in [2.05, 4.69) is 5.32 Å². The smallest absolute Gasteiger partial charge is 0.312 e. The van der Waals surface area contributed by atoms with E-state index in [9.17, 15) is 14.0 Å². The van der Waals surface area contributed by atoms with Crippen LogP contribution in [0, 0.1) is 23.1 Å². The quantitative estimate of drug-likeness (QED) is 0.612. The number of amides is 1. The first-order valence-electron chi connectivity index (χ1n) is 9.73. The molecule has 4 bridgehead atoms. The average molecular weight is 375 g/mol. The van der Waals surface area contributed by atoms with Crippen LogP contribution >= 0.6 is 0 Å². The maximum atomic E-state index is 13.6. The normalized spacial score (nSPS) is 33.6. The van der Waals surface area contributed by atoms with Gasteiger partial charge in [-0.2, -0.15) is 0 Å². The van der Waals surface area contributed by atoms with Crippen molar-refractivity contribution < 1.29 is 23.5 Å². The summed E-state index contributed by atoms with van der Waals surface area (Å²) in [5.41, 5.74) is -0.747. The number of nitrogens with one attached hydrogen (secondary N) is 1. The third kappa shape index (κ3) is 3.54. The van der Waals surface area contributed by atoms with E-state index < -0.39 is 11.2 Å². The Morgan fingerprint density at radius 3 is 2.52 bits per heavy atom. The number of hydrogen-bond acceptors (Lipinski definition) is 4. The number of rotatable bonds is 6. The van der Waals surface area contributed by atoms with Crippen molar-refractivity contribution in [2.24, 2.45) is 17.3 Å². The van der Waals surface area contributed by atoms with Crippen LogP contribution in [0.1, 0.15) is 45.4 Å². The molecule has 0 unspecified atom stereocenters. The zero-order valence-corrected chi connectivity index (χ0v) is 15.6. The molecule has 27 heavy (non-hydrogen) atoms. The Hall–Kier alpha value is -2.11. The van der Waals surface area contributed by atoms with E-state index >= 15 is 0 Å². The van der Waals surface area contributed by atoms with E-state index in [0.717, 1.165) is 32.1 Å². The molecule has 4 aliphatic carbocycles. The molecular formula is C21H26FNO4. The first-order valence-corrected chi connectivity index (χ1v) is 9.73. The van der Waals surface area contributed by atoms with Crippen LogP contribution in [0.2, 0.25) is 0 Å². The Bertz CT molecular complexity index is 735. The minimum Gasteiger partial charge on any atom is -0.487 e. The molecule has 0 aromatic heterocycles. The van der Waals surface area contributed by atoms with Crippen LogP contribution in [-0.2, 0) is 14.3 Å². The van der Waals surface area contributed by atoms with Gasteiger partial charge in [-0.3, -0.25) is 9.59 Å². The summed E-state index contributed by atoms with van der Waals surface area (Å²) in [4.78, 5) is 24.6. The number of hydrogen-bond donors (Lipinski definition) is 1. The summed E-state index contributed by atoms with van der Waals surface area (Å²) >= 11 is 0. The highest BCUT2D eigenvalue weighted by Crippen LogP contribution is 2.62. The maximum absolute atomic E-state index is 13.6. The average Bonchev–Trinajstić information content (AvgIpc) is 2.57. The van der Waals surface area contributed by atoms with E-state index in [-0.39, 0.29) is 36.4 Å². The van der Waals surface area contributed by atoms with E-state index in [1.165, 1.54) is 6.07 Å². The van der Waals surface area contributed by atoms with Crippen molar-refractivity contribution in [3.63, 3.8) is 0 Å². The Labute approximate surface area is 158 Å². The van der Waals surface area contributed by atoms with Crippen molar-refractivity contribution in [3.05, 3.63) is 30.1 Å². The Morgan fingerprint density at radius 2 is 1.85 bits per heavy atom. The molecule has 0 saturated heterocycles. The van der Waals surface area contributed by atoms with Gasteiger partial charge in [-0.15, -0.1) is 0 Å². The lowest BCUT2D eigenvalue weighted by Crippen LogP contribution is -2.64. The first-order chi connectivity index (χ1) is 12.9. The van der Waals surface area contributed by atoms with Crippen molar-refractivity contribution in [2.75, 3.05) is 13.2 Å². The van der Waals surface area contributed by atoms with Gasteiger partial charge in [0, 0.05) is 12.5 Å². The molecule has 1 N–H and O–H groups in total. The molecule has 1 aromatic carbocycles. The second kappa shape index (κ2) is 6.80. The van der Waals surface area contributed by atoms with Gasteiger partial charge in [0.15, 0.2) is 11.6 Å². The van der Waals surface area contributed by atoms with Gasteiger partial charge in [-0.05, 0) is 62.5 Å². The third-order valence-corrected chi connectivity index (χ3v) is 6.35. The summed E-state index contributed by atoms with van der Waals surface area (Å²) in [7, 11) is 0. The molecule has 4 fully saturated rings. The van der Waals surface area contributed by atoms with Crippen LogP contribution in [0.3, 0.4) is 0 Å². The summed E-state index contributed by atoms with van der Waals surface area (Å²) in [6, 6.07) is 6.17. The molecule has 0 heterocycles. The molecule has 0 radical (unpaired) electrons. The van der Waals surface area contributed by atoms with Gasteiger partial charge in [0.1, 0.15) is 13.2 Å². The maximum Gasteiger partial charge on any atom is 0.312 e. The van der Waals surface area contributed by atoms with E-state index in [1.54, 1.807) is 25.1 Å². The van der Waals surface area contributed by atoms with Crippen molar-refractivity contribution in [1.29, 1.82) is 0 Å². The van der Waals surface area contributed by atoms with Crippen LogP contribution in [0.25, 0.3) is 0 Å². The highest BCUT2D eigenvalue weighted by Gasteiger charge is 2.61. The zero-order chi connectivity index (χ0) is 19.1. The third-order valence-electron chi connectivity index (χ3n) is 6.35. The lowest BCUT2D eigenvalue weighted by atomic mass is 9.47. The predicted octanol–water partition coefficient (Wildman–Crippen LogP) is 3.22. The largest absolute Gasteiger partial charge is 0.487 e. The fraction of sp³-hybridized carbons (Fsp3) is 0.619. The minimum absolute atomic E-state index is 0.0289. The number of para-hydroxylation sites is 1. The molecule has 5 rings (SSSR count). The zero-order valence-electron chi connectivity index (χ0n) is 15.6. The van der Waals surface area contributed by atoms with Crippen molar-refractivity contribution >= 4 is 11.9 Å². The second-order valence-electron chi connectivity index (χ2n) is 8.62. The van der Waals surface area contributed by atoms with E-state index in [1.807, 2.05) is 0 Å². The van der Waals surface area contributed by atoms with Gasteiger partial charge in [-0.1, -0.05) is 12.1 Å². The number of ether oxygens (including phenoxy) is 2. The SMILES string of the molecule is CC(=O)NC12C[C@H]3C[C@H](C1)CC(C(=O)OCCOc1ccccc1F)(C3)C2. The van der Waals surface area contributed by atoms with E-state index in [0.29, 0.717) is 18.3 Å². The second-order valence-corrected chi connectivity index (χ2v) is 8.62. The van der Waals surface area contributed by atoms with Crippen LogP contribution in [0.5, 0.6) is 5.75 Å². The highest BCUT2D eigenvalue weighted by molar-refractivity contribution is 5.79. The van der Waals surface area contributed by atoms with Crippen LogP contribution in [0.4, 0.5) is 4.39 Å². The first kappa shape index (κ1) is 18.3.